The second-order valence-corrected chi connectivity index (χ2v) is 5.27. The first kappa shape index (κ1) is 13.7. The van der Waals surface area contributed by atoms with E-state index in [1.54, 1.807) is 11.7 Å². The number of nitrogens with zero attached hydrogens (tertiary/aromatic N) is 7. The normalized spacial score (nSPS) is 15.7. The highest BCUT2D eigenvalue weighted by Gasteiger charge is 2.20. The number of anilines is 1. The predicted molar refractivity (Wildman–Crippen MR) is 75.6 cm³/mol. The minimum atomic E-state index is 0.143. The van der Waals surface area contributed by atoms with E-state index in [4.69, 9.17) is 16.3 Å². The maximum atomic E-state index is 6.01. The number of hydrogen-bond donors (Lipinski definition) is 0. The van der Waals surface area contributed by atoms with Crippen molar-refractivity contribution in [1.29, 1.82) is 0 Å². The molecule has 0 spiro atoms. The molecule has 0 saturated carbocycles. The van der Waals surface area contributed by atoms with E-state index in [-0.39, 0.29) is 5.28 Å². The highest BCUT2D eigenvalue weighted by Crippen LogP contribution is 2.25. The minimum Gasteiger partial charge on any atom is -0.378 e. The van der Waals surface area contributed by atoms with Crippen molar-refractivity contribution >= 4 is 33.5 Å². The topological polar surface area (TPSA) is 81.9 Å². The second kappa shape index (κ2) is 5.58. The molecule has 0 amide bonds. The van der Waals surface area contributed by atoms with Crippen molar-refractivity contribution in [1.82, 2.24) is 29.9 Å². The summed E-state index contributed by atoms with van der Waals surface area (Å²) in [5, 5.41) is 7.97. The number of ether oxygens (including phenoxy) is 1. The number of hydrogen-bond acceptors (Lipinski definition) is 7. The van der Waals surface area contributed by atoms with Crippen LogP contribution in [0.3, 0.4) is 0 Å². The van der Waals surface area contributed by atoms with Crippen LogP contribution in [0, 0.1) is 0 Å². The predicted octanol–water partition coefficient (Wildman–Crippen LogP) is 0.920. The van der Waals surface area contributed by atoms with Gasteiger partial charge in [-0.05, 0) is 27.5 Å². The van der Waals surface area contributed by atoms with Crippen LogP contribution in [-0.4, -0.2) is 56.2 Å². The quantitative estimate of drug-likeness (QED) is 0.787. The second-order valence-electron chi connectivity index (χ2n) is 4.18. The van der Waals surface area contributed by atoms with Crippen LogP contribution in [0.15, 0.2) is 4.60 Å². The molecule has 0 aromatic carbocycles. The van der Waals surface area contributed by atoms with Crippen molar-refractivity contribution in [3.05, 3.63) is 9.89 Å². The van der Waals surface area contributed by atoms with Crippen molar-refractivity contribution < 1.29 is 4.74 Å². The van der Waals surface area contributed by atoms with Crippen molar-refractivity contribution in [3.63, 3.8) is 0 Å². The summed E-state index contributed by atoms with van der Waals surface area (Å²) in [5.74, 6) is 0.974. The fourth-order valence-corrected chi connectivity index (χ4v) is 2.58. The van der Waals surface area contributed by atoms with Crippen LogP contribution in [0.4, 0.5) is 5.95 Å². The molecule has 20 heavy (non-hydrogen) atoms. The van der Waals surface area contributed by atoms with Gasteiger partial charge in [-0.3, -0.25) is 0 Å². The van der Waals surface area contributed by atoms with Gasteiger partial charge in [0.2, 0.25) is 11.2 Å². The average molecular weight is 361 g/mol. The molecule has 3 rings (SSSR count). The summed E-state index contributed by atoms with van der Waals surface area (Å²) in [6, 6.07) is 0. The Morgan fingerprint density at radius 1 is 1.20 bits per heavy atom. The molecule has 8 nitrogen and oxygen atoms in total. The van der Waals surface area contributed by atoms with Gasteiger partial charge in [-0.25, -0.2) is 4.68 Å². The molecule has 0 unspecified atom stereocenters. The summed E-state index contributed by atoms with van der Waals surface area (Å²) >= 11 is 9.33. The molecule has 1 aliphatic heterocycles. The summed E-state index contributed by atoms with van der Waals surface area (Å²) in [6.07, 6.45) is 0. The third kappa shape index (κ3) is 2.60. The molecular formula is C10H11BrClN7O. The maximum Gasteiger partial charge on any atom is 0.230 e. The molecule has 106 valence electrons. The summed E-state index contributed by atoms with van der Waals surface area (Å²) < 4.78 is 7.46. The van der Waals surface area contributed by atoms with Gasteiger partial charge in [-0.15, -0.1) is 5.10 Å². The molecular weight excluding hydrogens is 350 g/mol. The van der Waals surface area contributed by atoms with Gasteiger partial charge in [-0.1, -0.05) is 5.21 Å². The molecule has 10 heteroatoms. The fraction of sp³-hybridized carbons (Fsp3) is 0.500. The first-order valence-corrected chi connectivity index (χ1v) is 7.12. The van der Waals surface area contributed by atoms with Crippen LogP contribution in [0.1, 0.15) is 0 Å². The van der Waals surface area contributed by atoms with Gasteiger partial charge in [0.25, 0.3) is 0 Å². The van der Waals surface area contributed by atoms with Gasteiger partial charge in [0.1, 0.15) is 5.69 Å². The summed E-state index contributed by atoms with van der Waals surface area (Å²) in [6.45, 7) is 2.75. The third-order valence-electron chi connectivity index (χ3n) is 2.89. The van der Waals surface area contributed by atoms with Gasteiger partial charge in [0.15, 0.2) is 10.4 Å². The summed E-state index contributed by atoms with van der Waals surface area (Å²) in [5.41, 5.74) is 0.656. The number of halogens is 2. The van der Waals surface area contributed by atoms with E-state index in [1.807, 2.05) is 4.90 Å². The zero-order valence-electron chi connectivity index (χ0n) is 10.6. The fourth-order valence-electron chi connectivity index (χ4n) is 1.92. The lowest BCUT2D eigenvalue weighted by atomic mass is 10.4. The molecule has 2 aromatic heterocycles. The summed E-state index contributed by atoms with van der Waals surface area (Å²) in [7, 11) is 1.76. The van der Waals surface area contributed by atoms with Crippen LogP contribution in [0.5, 0.6) is 0 Å². The molecule has 1 saturated heterocycles. The summed E-state index contributed by atoms with van der Waals surface area (Å²) in [4.78, 5) is 14.8. The maximum absolute atomic E-state index is 6.01. The Labute approximate surface area is 128 Å². The molecule has 2 aromatic rings. The number of rotatable bonds is 2. The Morgan fingerprint density at radius 3 is 2.60 bits per heavy atom. The SMILES string of the molecule is Cn1nnc(Br)c1-c1nc(Cl)nc(N2CCOCC2)n1. The van der Waals surface area contributed by atoms with Crippen LogP contribution < -0.4 is 4.90 Å². The van der Waals surface area contributed by atoms with Gasteiger partial charge in [0.05, 0.1) is 13.2 Å². The Hall–Kier alpha value is -1.32. The van der Waals surface area contributed by atoms with Crippen molar-refractivity contribution in [2.24, 2.45) is 7.05 Å². The van der Waals surface area contributed by atoms with Crippen LogP contribution in [0.25, 0.3) is 11.5 Å². The van der Waals surface area contributed by atoms with Gasteiger partial charge >= 0.3 is 0 Å². The van der Waals surface area contributed by atoms with Crippen LogP contribution in [0.2, 0.25) is 5.28 Å². The highest BCUT2D eigenvalue weighted by atomic mass is 79.9. The zero-order valence-corrected chi connectivity index (χ0v) is 13.0. The van der Waals surface area contributed by atoms with Crippen LogP contribution in [-0.2, 0) is 11.8 Å². The molecule has 1 fully saturated rings. The van der Waals surface area contributed by atoms with Gasteiger partial charge < -0.3 is 9.64 Å². The van der Waals surface area contributed by atoms with E-state index in [2.05, 4.69) is 41.2 Å². The highest BCUT2D eigenvalue weighted by molar-refractivity contribution is 9.10. The number of aromatic nitrogens is 6. The van der Waals surface area contributed by atoms with Crippen molar-refractivity contribution in [2.75, 3.05) is 31.2 Å². The van der Waals surface area contributed by atoms with E-state index in [0.29, 0.717) is 35.3 Å². The molecule has 1 aliphatic rings. The molecule has 0 bridgehead atoms. The van der Waals surface area contributed by atoms with E-state index in [1.165, 1.54) is 0 Å². The minimum absolute atomic E-state index is 0.143. The lowest BCUT2D eigenvalue weighted by Crippen LogP contribution is -2.37. The molecule has 3 heterocycles. The molecule has 0 radical (unpaired) electrons. The Kier molecular flexibility index (Phi) is 3.81. The number of aryl methyl sites for hydroxylation is 1. The Morgan fingerprint density at radius 2 is 1.95 bits per heavy atom. The van der Waals surface area contributed by atoms with E-state index in [9.17, 15) is 0 Å². The molecule has 0 atom stereocenters. The van der Waals surface area contributed by atoms with E-state index < -0.39 is 0 Å². The van der Waals surface area contributed by atoms with Gasteiger partial charge in [-0.2, -0.15) is 15.0 Å². The molecule has 0 aliphatic carbocycles. The van der Waals surface area contributed by atoms with Crippen LogP contribution >= 0.6 is 27.5 Å². The Balaban J connectivity index is 2.02. The first-order valence-electron chi connectivity index (χ1n) is 5.95. The lowest BCUT2D eigenvalue weighted by molar-refractivity contribution is 0.122. The standard InChI is InChI=1S/C10H11BrClN7O/c1-18-6(7(11)16-17-18)8-13-9(12)15-10(14-8)19-2-4-20-5-3-19/h2-5H2,1H3. The lowest BCUT2D eigenvalue weighted by Gasteiger charge is -2.26. The first-order chi connectivity index (χ1) is 9.65. The zero-order chi connectivity index (χ0) is 14.1. The monoisotopic (exact) mass is 359 g/mol. The van der Waals surface area contributed by atoms with E-state index >= 15 is 0 Å². The van der Waals surface area contributed by atoms with E-state index in [0.717, 1.165) is 13.1 Å². The van der Waals surface area contributed by atoms with Crippen molar-refractivity contribution in [2.45, 2.75) is 0 Å². The van der Waals surface area contributed by atoms with Crippen molar-refractivity contribution in [3.8, 4) is 11.5 Å². The number of morpholine rings is 1. The average Bonchev–Trinajstić information content (AvgIpc) is 2.78. The third-order valence-corrected chi connectivity index (χ3v) is 3.59. The Bertz CT molecular complexity index is 609. The molecule has 0 N–H and O–H groups in total. The van der Waals surface area contributed by atoms with Gasteiger partial charge in [0, 0.05) is 20.1 Å². The largest absolute Gasteiger partial charge is 0.378 e. The smallest absolute Gasteiger partial charge is 0.230 e.